The lowest BCUT2D eigenvalue weighted by Crippen LogP contribution is -2.59. The first kappa shape index (κ1) is 36.1. The number of guanidine groups is 1. The molecule has 0 aromatic heterocycles. The highest BCUT2D eigenvalue weighted by Gasteiger charge is 2.52. The van der Waals surface area contributed by atoms with Crippen LogP contribution in [0.15, 0.2) is 30.3 Å². The van der Waals surface area contributed by atoms with Gasteiger partial charge in [0.2, 0.25) is 23.6 Å². The van der Waals surface area contributed by atoms with Crippen molar-refractivity contribution in [3.05, 3.63) is 35.9 Å². The molecule has 5 rings (SSSR count). The van der Waals surface area contributed by atoms with E-state index in [9.17, 15) is 19.2 Å². The van der Waals surface area contributed by atoms with Crippen LogP contribution >= 0.6 is 0 Å². The van der Waals surface area contributed by atoms with Crippen LogP contribution in [0.5, 0.6) is 0 Å². The molecule has 0 heterocycles. The third kappa shape index (κ3) is 10.6. The molecule has 4 bridgehead atoms. The Morgan fingerprint density at radius 3 is 1.91 bits per heavy atom. The maximum Gasteiger partial charge on any atom is 0.243 e. The van der Waals surface area contributed by atoms with E-state index in [1.54, 1.807) is 0 Å². The first-order valence-corrected chi connectivity index (χ1v) is 17.2. The lowest BCUT2D eigenvalue weighted by molar-refractivity contribution is -0.136. The second-order valence-corrected chi connectivity index (χ2v) is 14.3. The van der Waals surface area contributed by atoms with Crippen LogP contribution in [0.4, 0.5) is 0 Å². The van der Waals surface area contributed by atoms with Crippen molar-refractivity contribution in [2.24, 2.45) is 46.1 Å². The largest absolute Gasteiger partial charge is 0.370 e. The molecule has 13 nitrogen and oxygen atoms in total. The Morgan fingerprint density at radius 2 is 1.34 bits per heavy atom. The summed E-state index contributed by atoms with van der Waals surface area (Å²) >= 11 is 0. The van der Waals surface area contributed by atoms with Crippen LogP contribution in [0, 0.1) is 28.6 Å². The van der Waals surface area contributed by atoms with E-state index in [1.165, 1.54) is 19.3 Å². The van der Waals surface area contributed by atoms with Gasteiger partial charge in [-0.05, 0) is 119 Å². The molecule has 13 heteroatoms. The number of unbranched alkanes of at least 4 members (excludes halogenated alkanes) is 1. The van der Waals surface area contributed by atoms with Crippen LogP contribution in [0.3, 0.4) is 0 Å². The molecule has 260 valence electrons. The maximum absolute atomic E-state index is 14.0. The van der Waals surface area contributed by atoms with E-state index >= 15 is 0 Å². The van der Waals surface area contributed by atoms with E-state index in [2.05, 4.69) is 21.3 Å². The zero-order chi connectivity index (χ0) is 34.0. The third-order valence-corrected chi connectivity index (χ3v) is 10.3. The number of hydrogen-bond acceptors (Lipinski definition) is 7. The van der Waals surface area contributed by atoms with E-state index in [-0.39, 0.29) is 17.8 Å². The molecule has 4 amide bonds. The van der Waals surface area contributed by atoms with Gasteiger partial charge in [0.15, 0.2) is 5.96 Å². The summed E-state index contributed by atoms with van der Waals surface area (Å²) in [5.74, 6) is -0.337. The van der Waals surface area contributed by atoms with E-state index < -0.39 is 47.8 Å². The van der Waals surface area contributed by atoms with Gasteiger partial charge in [-0.15, -0.1) is 0 Å². The first-order chi connectivity index (χ1) is 22.5. The molecule has 4 aliphatic carbocycles. The quantitative estimate of drug-likeness (QED) is 0.0576. The fraction of sp³-hybridized carbons (Fsp3) is 0.676. The SMILES string of the molecule is N=C(N)NCCCC(NC(=O)C(N)Cc1ccccc1)C(=O)N[C@@H](CC12CC3CC(CC(C3)C1)C2)C(=O)N[C@@H](CCCCN)C(N)=O. The molecule has 0 radical (unpaired) electrons. The van der Waals surface area contributed by atoms with Gasteiger partial charge in [0.1, 0.15) is 18.1 Å². The molecule has 4 fully saturated rings. The second kappa shape index (κ2) is 16.9. The average Bonchev–Trinajstić information content (AvgIpc) is 3.01. The van der Waals surface area contributed by atoms with Crippen LogP contribution in [0.25, 0.3) is 0 Å². The minimum atomic E-state index is -0.985. The number of benzene rings is 1. The summed E-state index contributed by atoms with van der Waals surface area (Å²) in [4.78, 5) is 53.5. The number of nitrogens with two attached hydrogens (primary N) is 4. The van der Waals surface area contributed by atoms with Crippen molar-refractivity contribution in [3.8, 4) is 0 Å². The molecule has 2 unspecified atom stereocenters. The van der Waals surface area contributed by atoms with Crippen molar-refractivity contribution in [1.29, 1.82) is 5.41 Å². The predicted molar refractivity (Wildman–Crippen MR) is 180 cm³/mol. The number of hydrogen-bond donors (Lipinski definition) is 9. The van der Waals surface area contributed by atoms with Crippen LogP contribution in [0.2, 0.25) is 0 Å². The Morgan fingerprint density at radius 1 is 0.787 bits per heavy atom. The van der Waals surface area contributed by atoms with Crippen LogP contribution in [0.1, 0.15) is 82.6 Å². The number of amides is 4. The normalized spacial score (nSPS) is 25.2. The fourth-order valence-corrected chi connectivity index (χ4v) is 8.54. The molecule has 47 heavy (non-hydrogen) atoms. The van der Waals surface area contributed by atoms with Gasteiger partial charge in [0, 0.05) is 6.54 Å². The first-order valence-electron chi connectivity index (χ1n) is 17.2. The van der Waals surface area contributed by atoms with Crippen LogP contribution in [-0.2, 0) is 25.6 Å². The Bertz CT molecular complexity index is 1210. The van der Waals surface area contributed by atoms with Gasteiger partial charge in [-0.25, -0.2) is 0 Å². The minimum absolute atomic E-state index is 0.0615. The lowest BCUT2D eigenvalue weighted by Gasteiger charge is -2.57. The Balaban J connectivity index is 1.51. The highest BCUT2D eigenvalue weighted by Crippen LogP contribution is 2.61. The summed E-state index contributed by atoms with van der Waals surface area (Å²) in [6, 6.07) is 5.72. The number of carbonyl (C=O) groups is 4. The lowest BCUT2D eigenvalue weighted by atomic mass is 9.48. The molecule has 0 spiro atoms. The maximum atomic E-state index is 14.0. The zero-order valence-electron chi connectivity index (χ0n) is 27.5. The summed E-state index contributed by atoms with van der Waals surface area (Å²) in [6.07, 6.45) is 9.87. The van der Waals surface area contributed by atoms with E-state index in [4.69, 9.17) is 28.3 Å². The summed E-state index contributed by atoms with van der Waals surface area (Å²) < 4.78 is 0. The van der Waals surface area contributed by atoms with Crippen molar-refractivity contribution in [3.63, 3.8) is 0 Å². The van der Waals surface area contributed by atoms with Gasteiger partial charge in [0.25, 0.3) is 0 Å². The average molecular weight is 654 g/mol. The van der Waals surface area contributed by atoms with Gasteiger partial charge >= 0.3 is 0 Å². The molecule has 4 atom stereocenters. The Kier molecular flexibility index (Phi) is 13.0. The van der Waals surface area contributed by atoms with Gasteiger partial charge in [0.05, 0.1) is 6.04 Å². The molecule has 1 aromatic carbocycles. The molecule has 1 aromatic rings. The van der Waals surface area contributed by atoms with Crippen molar-refractivity contribution in [2.75, 3.05) is 13.1 Å². The molecular weight excluding hydrogens is 598 g/mol. The van der Waals surface area contributed by atoms with E-state index in [0.717, 1.165) is 24.8 Å². The van der Waals surface area contributed by atoms with Crippen molar-refractivity contribution in [2.45, 2.75) is 108 Å². The van der Waals surface area contributed by atoms with Crippen molar-refractivity contribution in [1.82, 2.24) is 21.3 Å². The number of rotatable bonds is 19. The molecule has 0 saturated heterocycles. The summed E-state index contributed by atoms with van der Waals surface area (Å²) in [5.41, 5.74) is 23.8. The predicted octanol–water partition coefficient (Wildman–Crippen LogP) is 0.495. The fourth-order valence-electron chi connectivity index (χ4n) is 8.54. The topological polar surface area (TPSA) is 244 Å². The minimum Gasteiger partial charge on any atom is -0.370 e. The van der Waals surface area contributed by atoms with E-state index in [0.29, 0.717) is 69.4 Å². The van der Waals surface area contributed by atoms with Gasteiger partial charge in [-0.2, -0.15) is 0 Å². The number of primary amides is 1. The molecule has 4 aliphatic rings. The monoisotopic (exact) mass is 653 g/mol. The molecular formula is C34H55N9O4. The molecule has 0 aliphatic heterocycles. The summed E-state index contributed by atoms with van der Waals surface area (Å²) in [7, 11) is 0. The zero-order valence-corrected chi connectivity index (χ0v) is 27.5. The van der Waals surface area contributed by atoms with Gasteiger partial charge < -0.3 is 44.2 Å². The molecule has 13 N–H and O–H groups in total. The second-order valence-electron chi connectivity index (χ2n) is 14.3. The van der Waals surface area contributed by atoms with E-state index in [1.807, 2.05) is 30.3 Å². The Labute approximate surface area is 278 Å². The number of nitrogens with one attached hydrogen (secondary N) is 5. The number of carbonyl (C=O) groups excluding carboxylic acids is 4. The summed E-state index contributed by atoms with van der Waals surface area (Å²) in [5, 5.41) is 18.8. The summed E-state index contributed by atoms with van der Waals surface area (Å²) in [6.45, 7) is 0.791. The van der Waals surface area contributed by atoms with Gasteiger partial charge in [-0.3, -0.25) is 24.6 Å². The smallest absolute Gasteiger partial charge is 0.243 e. The highest BCUT2D eigenvalue weighted by molar-refractivity contribution is 5.94. The van der Waals surface area contributed by atoms with Gasteiger partial charge in [-0.1, -0.05) is 30.3 Å². The van der Waals surface area contributed by atoms with Crippen molar-refractivity contribution < 1.29 is 19.2 Å². The highest BCUT2D eigenvalue weighted by atomic mass is 16.2. The standard InChI is InChI=1S/C34H55N9O4/c35-11-5-4-9-26(29(37)44)41-32(47)28(20-34-17-22-13-23(18-34)15-24(14-22)19-34)43-31(46)27(10-6-12-40-33(38)39)42-30(45)25(36)16-21-7-2-1-3-8-21/h1-3,7-8,22-28H,4-6,9-20,35-36H2,(H2,37,44)(H,41,47)(H,42,45)(H,43,46)(H4,38,39,40)/t22?,23?,24?,25?,26-,27?,28-,34?/m0/s1. The van der Waals surface area contributed by atoms with Crippen LogP contribution in [-0.4, -0.2) is 66.8 Å². The molecule has 4 saturated carbocycles. The van der Waals surface area contributed by atoms with Crippen molar-refractivity contribution >= 4 is 29.6 Å². The third-order valence-electron chi connectivity index (χ3n) is 10.3. The van der Waals surface area contributed by atoms with Crippen LogP contribution < -0.4 is 44.2 Å². The Hall–Kier alpha value is -3.71.